The Labute approximate surface area is 114 Å². The van der Waals surface area contributed by atoms with E-state index < -0.39 is 0 Å². The van der Waals surface area contributed by atoms with E-state index in [1.807, 2.05) is 0 Å². The molecule has 0 bridgehead atoms. The molecule has 1 aromatic heterocycles. The van der Waals surface area contributed by atoms with Crippen molar-refractivity contribution in [3.05, 3.63) is 58.2 Å². The number of nitrogens with one attached hydrogen (secondary N) is 1. The Hall–Kier alpha value is -1.74. The van der Waals surface area contributed by atoms with E-state index in [9.17, 15) is 0 Å². The van der Waals surface area contributed by atoms with Crippen LogP contribution < -0.4 is 5.32 Å². The molecule has 2 heterocycles. The normalized spacial score (nSPS) is 14.2. The molecule has 1 aliphatic heterocycles. The molecule has 1 N–H and O–H groups in total. The van der Waals surface area contributed by atoms with Crippen molar-refractivity contribution in [2.75, 3.05) is 6.54 Å². The second-order valence-electron chi connectivity index (χ2n) is 5.28. The molecule has 1 aromatic carbocycles. The van der Waals surface area contributed by atoms with E-state index >= 15 is 0 Å². The zero-order valence-corrected chi connectivity index (χ0v) is 11.5. The van der Waals surface area contributed by atoms with Crippen LogP contribution in [0.1, 0.15) is 33.6 Å². The summed E-state index contributed by atoms with van der Waals surface area (Å²) in [6.45, 7) is 6.23. The van der Waals surface area contributed by atoms with Crippen molar-refractivity contribution in [1.82, 2.24) is 15.3 Å². The smallest absolute Gasteiger partial charge is 0.115 e. The van der Waals surface area contributed by atoms with Gasteiger partial charge in [0.05, 0.1) is 5.69 Å². The van der Waals surface area contributed by atoms with Gasteiger partial charge >= 0.3 is 0 Å². The molecule has 0 fully saturated rings. The Bertz CT molecular complexity index is 605. The summed E-state index contributed by atoms with van der Waals surface area (Å²) >= 11 is 0. The second-order valence-corrected chi connectivity index (χ2v) is 5.28. The maximum absolute atomic E-state index is 4.51. The molecule has 0 spiro atoms. The SMILES string of the molecule is Cc1ccc(C)c(Cc2ncnc3c2CNCC3)c1. The van der Waals surface area contributed by atoms with Gasteiger partial charge in [0, 0.05) is 37.2 Å². The van der Waals surface area contributed by atoms with Gasteiger partial charge in [0.15, 0.2) is 0 Å². The Balaban J connectivity index is 1.97. The zero-order valence-electron chi connectivity index (χ0n) is 11.5. The molecule has 2 aromatic rings. The Morgan fingerprint density at radius 3 is 3.00 bits per heavy atom. The third-order valence-electron chi connectivity index (χ3n) is 3.83. The van der Waals surface area contributed by atoms with E-state index in [1.165, 1.54) is 33.6 Å². The van der Waals surface area contributed by atoms with E-state index in [0.29, 0.717) is 0 Å². The molecule has 0 radical (unpaired) electrons. The van der Waals surface area contributed by atoms with Crippen LogP contribution in [0.15, 0.2) is 24.5 Å². The van der Waals surface area contributed by atoms with E-state index in [4.69, 9.17) is 0 Å². The lowest BCUT2D eigenvalue weighted by Gasteiger charge is -2.19. The van der Waals surface area contributed by atoms with Crippen LogP contribution in [0.3, 0.4) is 0 Å². The topological polar surface area (TPSA) is 37.8 Å². The highest BCUT2D eigenvalue weighted by molar-refractivity contribution is 5.36. The quantitative estimate of drug-likeness (QED) is 0.892. The molecular formula is C16H19N3. The first-order chi connectivity index (χ1) is 9.24. The van der Waals surface area contributed by atoms with Crippen LogP contribution in [0.25, 0.3) is 0 Å². The third-order valence-corrected chi connectivity index (χ3v) is 3.83. The third kappa shape index (κ3) is 2.51. The van der Waals surface area contributed by atoms with Gasteiger partial charge in [0.25, 0.3) is 0 Å². The maximum atomic E-state index is 4.51. The molecule has 0 atom stereocenters. The lowest BCUT2D eigenvalue weighted by atomic mass is 9.97. The summed E-state index contributed by atoms with van der Waals surface area (Å²) in [5, 5.41) is 3.41. The summed E-state index contributed by atoms with van der Waals surface area (Å²) in [6.07, 6.45) is 3.63. The monoisotopic (exact) mass is 253 g/mol. The largest absolute Gasteiger partial charge is 0.312 e. The van der Waals surface area contributed by atoms with Gasteiger partial charge in [0.1, 0.15) is 6.33 Å². The molecule has 3 rings (SSSR count). The number of aryl methyl sites for hydroxylation is 2. The van der Waals surface area contributed by atoms with Crippen LogP contribution in [0.4, 0.5) is 0 Å². The highest BCUT2D eigenvalue weighted by atomic mass is 14.9. The van der Waals surface area contributed by atoms with Crippen molar-refractivity contribution in [2.45, 2.75) is 33.2 Å². The van der Waals surface area contributed by atoms with Gasteiger partial charge in [-0.25, -0.2) is 9.97 Å². The fraction of sp³-hybridized carbons (Fsp3) is 0.375. The average molecular weight is 253 g/mol. The summed E-state index contributed by atoms with van der Waals surface area (Å²) in [5.41, 5.74) is 7.70. The van der Waals surface area contributed by atoms with Crippen molar-refractivity contribution in [3.63, 3.8) is 0 Å². The molecule has 0 amide bonds. The second kappa shape index (κ2) is 5.10. The van der Waals surface area contributed by atoms with Crippen LogP contribution in [0, 0.1) is 13.8 Å². The first-order valence-electron chi connectivity index (χ1n) is 6.82. The molecule has 0 unspecified atom stereocenters. The van der Waals surface area contributed by atoms with Gasteiger partial charge < -0.3 is 5.32 Å². The molecule has 0 saturated carbocycles. The first kappa shape index (κ1) is 12.3. The lowest BCUT2D eigenvalue weighted by Crippen LogP contribution is -2.26. The van der Waals surface area contributed by atoms with Crippen LogP contribution in [-0.2, 0) is 19.4 Å². The average Bonchev–Trinajstić information content (AvgIpc) is 2.43. The molecule has 3 nitrogen and oxygen atoms in total. The summed E-state index contributed by atoms with van der Waals surface area (Å²) in [7, 11) is 0. The fourth-order valence-corrected chi connectivity index (χ4v) is 2.65. The Morgan fingerprint density at radius 1 is 1.21 bits per heavy atom. The van der Waals surface area contributed by atoms with Gasteiger partial charge in [-0.1, -0.05) is 23.8 Å². The highest BCUT2D eigenvalue weighted by Crippen LogP contribution is 2.20. The number of benzene rings is 1. The van der Waals surface area contributed by atoms with E-state index in [-0.39, 0.29) is 0 Å². The van der Waals surface area contributed by atoms with Gasteiger partial charge in [-0.3, -0.25) is 0 Å². The summed E-state index contributed by atoms with van der Waals surface area (Å²) in [4.78, 5) is 8.92. The van der Waals surface area contributed by atoms with Crippen LogP contribution in [0.5, 0.6) is 0 Å². The van der Waals surface area contributed by atoms with Gasteiger partial charge in [-0.2, -0.15) is 0 Å². The molecule has 98 valence electrons. The van der Waals surface area contributed by atoms with Crippen molar-refractivity contribution >= 4 is 0 Å². The summed E-state index contributed by atoms with van der Waals surface area (Å²) in [6, 6.07) is 6.62. The number of aromatic nitrogens is 2. The van der Waals surface area contributed by atoms with Crippen molar-refractivity contribution in [2.24, 2.45) is 0 Å². The minimum Gasteiger partial charge on any atom is -0.312 e. The molecule has 3 heteroatoms. The fourth-order valence-electron chi connectivity index (χ4n) is 2.65. The Morgan fingerprint density at radius 2 is 2.11 bits per heavy atom. The Kier molecular flexibility index (Phi) is 3.30. The number of hydrogen-bond acceptors (Lipinski definition) is 3. The number of nitrogens with zero attached hydrogens (tertiary/aromatic N) is 2. The van der Waals surface area contributed by atoms with E-state index in [0.717, 1.165) is 25.9 Å². The minimum atomic E-state index is 0.899. The molecule has 0 aliphatic carbocycles. The highest BCUT2D eigenvalue weighted by Gasteiger charge is 2.15. The van der Waals surface area contributed by atoms with Gasteiger partial charge in [-0.15, -0.1) is 0 Å². The standard InChI is InChI=1S/C16H19N3/c1-11-3-4-12(2)13(7-11)8-16-14-9-17-6-5-15(14)18-10-19-16/h3-4,7,10,17H,5-6,8-9H2,1-2H3. The lowest BCUT2D eigenvalue weighted by molar-refractivity contribution is 0.618. The summed E-state index contributed by atoms with van der Waals surface area (Å²) < 4.78 is 0. The van der Waals surface area contributed by atoms with Gasteiger partial charge in [-0.05, 0) is 25.0 Å². The first-order valence-corrected chi connectivity index (χ1v) is 6.82. The predicted molar refractivity (Wildman–Crippen MR) is 76.2 cm³/mol. The zero-order chi connectivity index (χ0) is 13.2. The van der Waals surface area contributed by atoms with Crippen LogP contribution >= 0.6 is 0 Å². The van der Waals surface area contributed by atoms with E-state index in [1.54, 1.807) is 6.33 Å². The minimum absolute atomic E-state index is 0.899. The summed E-state index contributed by atoms with van der Waals surface area (Å²) in [5.74, 6) is 0. The maximum Gasteiger partial charge on any atom is 0.115 e. The van der Waals surface area contributed by atoms with Crippen LogP contribution in [-0.4, -0.2) is 16.5 Å². The van der Waals surface area contributed by atoms with Gasteiger partial charge in [0.2, 0.25) is 0 Å². The molecule has 1 aliphatic rings. The predicted octanol–water partition coefficient (Wildman–Crippen LogP) is 2.33. The van der Waals surface area contributed by atoms with Crippen LogP contribution in [0.2, 0.25) is 0 Å². The van der Waals surface area contributed by atoms with Crippen molar-refractivity contribution in [3.8, 4) is 0 Å². The van der Waals surface area contributed by atoms with E-state index in [2.05, 4.69) is 47.3 Å². The number of hydrogen-bond donors (Lipinski definition) is 1. The van der Waals surface area contributed by atoms with Crippen molar-refractivity contribution in [1.29, 1.82) is 0 Å². The number of fused-ring (bicyclic) bond motifs is 1. The molecule has 0 saturated heterocycles. The van der Waals surface area contributed by atoms with Crippen molar-refractivity contribution < 1.29 is 0 Å². The molecular weight excluding hydrogens is 234 g/mol. The molecule has 19 heavy (non-hydrogen) atoms. The number of rotatable bonds is 2.